The molecule has 1 aliphatic rings. The molecule has 0 bridgehead atoms. The van der Waals surface area contributed by atoms with E-state index < -0.39 is 23.1 Å². The number of anilines is 1. The molecule has 1 atom stereocenters. The highest BCUT2D eigenvalue weighted by Gasteiger charge is 2.37. The van der Waals surface area contributed by atoms with E-state index in [-0.39, 0.29) is 30.3 Å². The van der Waals surface area contributed by atoms with E-state index in [2.05, 4.69) is 10.6 Å². The molecular weight excluding hydrogens is 352 g/mol. The van der Waals surface area contributed by atoms with Crippen molar-refractivity contribution in [2.45, 2.75) is 18.9 Å². The van der Waals surface area contributed by atoms with E-state index >= 15 is 0 Å². The highest BCUT2D eigenvalue weighted by molar-refractivity contribution is 6.03. The van der Waals surface area contributed by atoms with Gasteiger partial charge in [0.25, 0.3) is 5.56 Å². The van der Waals surface area contributed by atoms with Crippen molar-refractivity contribution in [3.05, 3.63) is 56.2 Å². The summed E-state index contributed by atoms with van der Waals surface area (Å²) in [5, 5.41) is 5.27. The Labute approximate surface area is 154 Å². The van der Waals surface area contributed by atoms with Crippen molar-refractivity contribution < 1.29 is 14.3 Å². The third-order valence-electron chi connectivity index (χ3n) is 4.66. The van der Waals surface area contributed by atoms with Gasteiger partial charge in [0.15, 0.2) is 0 Å². The average Bonchev–Trinajstić information content (AvgIpc) is 2.99. The van der Waals surface area contributed by atoms with Gasteiger partial charge < -0.3 is 15.4 Å². The standard InChI is InChI=1S/C18H20N4O5/c1-21-15-14(17(25)22(2)18(21)26)11(16(24)20-15)8-13(23)19-9-10-6-4-5-7-12(10)27-3/h4-7,11H,8-9H2,1-3H3,(H,19,23)(H,20,24). The summed E-state index contributed by atoms with van der Waals surface area (Å²) in [7, 11) is 4.35. The summed E-state index contributed by atoms with van der Waals surface area (Å²) in [6, 6.07) is 7.26. The number of carbonyl (C=O) groups is 2. The number of methoxy groups -OCH3 is 1. The molecule has 3 rings (SSSR count). The van der Waals surface area contributed by atoms with Crippen LogP contribution in [-0.4, -0.2) is 28.1 Å². The summed E-state index contributed by atoms with van der Waals surface area (Å²) in [6.45, 7) is 0.231. The second-order valence-electron chi connectivity index (χ2n) is 6.30. The molecule has 1 aromatic heterocycles. The first-order valence-electron chi connectivity index (χ1n) is 8.34. The Balaban J connectivity index is 1.79. The second kappa shape index (κ2) is 7.10. The fraction of sp³-hybridized carbons (Fsp3) is 0.333. The number of amides is 2. The Morgan fingerprint density at radius 3 is 2.59 bits per heavy atom. The summed E-state index contributed by atoms with van der Waals surface area (Å²) in [5.74, 6) is -1.01. The molecule has 9 nitrogen and oxygen atoms in total. The molecule has 2 heterocycles. The maximum atomic E-state index is 12.4. The predicted octanol–water partition coefficient (Wildman–Crippen LogP) is -0.165. The van der Waals surface area contributed by atoms with Crippen molar-refractivity contribution in [3.63, 3.8) is 0 Å². The van der Waals surface area contributed by atoms with Crippen molar-refractivity contribution in [1.82, 2.24) is 14.5 Å². The first-order valence-corrected chi connectivity index (χ1v) is 8.34. The van der Waals surface area contributed by atoms with Crippen LogP contribution < -0.4 is 26.6 Å². The number of para-hydroxylation sites is 1. The summed E-state index contributed by atoms with van der Waals surface area (Å²) < 4.78 is 7.36. The highest BCUT2D eigenvalue weighted by Crippen LogP contribution is 2.30. The van der Waals surface area contributed by atoms with Crippen LogP contribution in [0.2, 0.25) is 0 Å². The lowest BCUT2D eigenvalue weighted by atomic mass is 9.99. The molecule has 0 spiro atoms. The van der Waals surface area contributed by atoms with Gasteiger partial charge >= 0.3 is 5.69 Å². The molecule has 0 radical (unpaired) electrons. The number of rotatable bonds is 5. The van der Waals surface area contributed by atoms with Crippen LogP contribution in [0, 0.1) is 0 Å². The fourth-order valence-corrected chi connectivity index (χ4v) is 3.17. The largest absolute Gasteiger partial charge is 0.496 e. The number of fused-ring (bicyclic) bond motifs is 1. The van der Waals surface area contributed by atoms with E-state index in [0.29, 0.717) is 5.75 Å². The predicted molar refractivity (Wildman–Crippen MR) is 97.8 cm³/mol. The highest BCUT2D eigenvalue weighted by atomic mass is 16.5. The second-order valence-corrected chi connectivity index (χ2v) is 6.30. The number of benzene rings is 1. The van der Waals surface area contributed by atoms with Crippen molar-refractivity contribution in [2.24, 2.45) is 14.1 Å². The topological polar surface area (TPSA) is 111 Å². The number of nitrogens with zero attached hydrogens (tertiary/aromatic N) is 2. The smallest absolute Gasteiger partial charge is 0.332 e. The molecule has 1 aliphatic heterocycles. The number of aromatic nitrogens is 2. The van der Waals surface area contributed by atoms with Gasteiger partial charge in [-0.15, -0.1) is 0 Å². The van der Waals surface area contributed by atoms with E-state index in [1.54, 1.807) is 13.2 Å². The van der Waals surface area contributed by atoms with E-state index in [0.717, 1.165) is 10.1 Å². The quantitative estimate of drug-likeness (QED) is 0.757. The lowest BCUT2D eigenvalue weighted by molar-refractivity contribution is -0.125. The summed E-state index contributed by atoms with van der Waals surface area (Å²) >= 11 is 0. The molecule has 2 N–H and O–H groups in total. The molecule has 1 aromatic carbocycles. The number of hydrogen-bond acceptors (Lipinski definition) is 5. The van der Waals surface area contributed by atoms with Crippen molar-refractivity contribution in [1.29, 1.82) is 0 Å². The SMILES string of the molecule is COc1ccccc1CNC(=O)CC1C(=O)Nc2c1c(=O)n(C)c(=O)n2C. The molecule has 27 heavy (non-hydrogen) atoms. The fourth-order valence-electron chi connectivity index (χ4n) is 3.17. The first kappa shape index (κ1) is 18.4. The minimum atomic E-state index is -0.942. The number of nitrogens with one attached hydrogen (secondary N) is 2. The third kappa shape index (κ3) is 3.23. The van der Waals surface area contributed by atoms with Crippen LogP contribution >= 0.6 is 0 Å². The van der Waals surface area contributed by atoms with E-state index in [4.69, 9.17) is 4.74 Å². The van der Waals surface area contributed by atoms with Gasteiger partial charge in [-0.1, -0.05) is 18.2 Å². The van der Waals surface area contributed by atoms with Gasteiger partial charge in [0.2, 0.25) is 11.8 Å². The van der Waals surface area contributed by atoms with Crippen LogP contribution in [0.15, 0.2) is 33.9 Å². The van der Waals surface area contributed by atoms with Crippen molar-refractivity contribution in [3.8, 4) is 5.75 Å². The zero-order chi connectivity index (χ0) is 19.7. The van der Waals surface area contributed by atoms with Gasteiger partial charge in [0, 0.05) is 32.6 Å². The lowest BCUT2D eigenvalue weighted by Crippen LogP contribution is -2.39. The van der Waals surface area contributed by atoms with Gasteiger partial charge in [0.05, 0.1) is 18.6 Å². The van der Waals surface area contributed by atoms with E-state index in [1.165, 1.54) is 18.7 Å². The molecule has 2 amide bonds. The molecule has 0 aliphatic carbocycles. The Bertz CT molecular complexity index is 1040. The summed E-state index contributed by atoms with van der Waals surface area (Å²) in [6.07, 6.45) is -0.193. The maximum absolute atomic E-state index is 12.4. The molecule has 0 saturated heterocycles. The Hall–Kier alpha value is -3.36. The Morgan fingerprint density at radius 2 is 1.89 bits per heavy atom. The molecular formula is C18H20N4O5. The van der Waals surface area contributed by atoms with Gasteiger partial charge in [-0.3, -0.25) is 23.5 Å². The van der Waals surface area contributed by atoms with Crippen molar-refractivity contribution in [2.75, 3.05) is 12.4 Å². The average molecular weight is 372 g/mol. The van der Waals surface area contributed by atoms with Crippen molar-refractivity contribution >= 4 is 17.6 Å². The first-order chi connectivity index (χ1) is 12.8. The number of hydrogen-bond donors (Lipinski definition) is 2. The normalized spacial score (nSPS) is 15.2. The monoisotopic (exact) mass is 372 g/mol. The van der Waals surface area contributed by atoms with Crippen LogP contribution in [0.4, 0.5) is 5.82 Å². The third-order valence-corrected chi connectivity index (χ3v) is 4.66. The molecule has 2 aromatic rings. The maximum Gasteiger partial charge on any atom is 0.332 e. The van der Waals surface area contributed by atoms with Gasteiger partial charge in [-0.25, -0.2) is 4.79 Å². The zero-order valence-corrected chi connectivity index (χ0v) is 15.2. The van der Waals surface area contributed by atoms with Gasteiger partial charge in [-0.05, 0) is 6.07 Å². The van der Waals surface area contributed by atoms with Gasteiger partial charge in [-0.2, -0.15) is 0 Å². The zero-order valence-electron chi connectivity index (χ0n) is 15.2. The Morgan fingerprint density at radius 1 is 1.19 bits per heavy atom. The van der Waals surface area contributed by atoms with E-state index in [9.17, 15) is 19.2 Å². The summed E-state index contributed by atoms with van der Waals surface area (Å²) in [5.41, 5.74) is -0.186. The lowest BCUT2D eigenvalue weighted by Gasteiger charge is -2.12. The molecule has 1 unspecified atom stereocenters. The van der Waals surface area contributed by atoms with E-state index in [1.807, 2.05) is 18.2 Å². The minimum Gasteiger partial charge on any atom is -0.496 e. The van der Waals surface area contributed by atoms with Crippen LogP contribution in [0.1, 0.15) is 23.5 Å². The number of carbonyl (C=O) groups excluding carboxylic acids is 2. The van der Waals surface area contributed by atoms with Crippen LogP contribution in [0.5, 0.6) is 5.75 Å². The van der Waals surface area contributed by atoms with Gasteiger partial charge in [0.1, 0.15) is 11.6 Å². The summed E-state index contributed by atoms with van der Waals surface area (Å²) in [4.78, 5) is 49.1. The minimum absolute atomic E-state index is 0.136. The van der Waals surface area contributed by atoms with Crippen LogP contribution in [0.25, 0.3) is 0 Å². The Kier molecular flexibility index (Phi) is 4.85. The van der Waals surface area contributed by atoms with Crippen LogP contribution in [-0.2, 0) is 30.2 Å². The molecule has 0 saturated carbocycles. The molecule has 9 heteroatoms. The van der Waals surface area contributed by atoms with Crippen LogP contribution in [0.3, 0.4) is 0 Å². The molecule has 0 fully saturated rings. The molecule has 142 valence electrons. The number of ether oxygens (including phenoxy) is 1.